The van der Waals surface area contributed by atoms with Gasteiger partial charge in [0, 0.05) is 62.1 Å². The van der Waals surface area contributed by atoms with E-state index in [4.69, 9.17) is 4.98 Å². The molecule has 5 rings (SSSR count). The lowest BCUT2D eigenvalue weighted by Crippen LogP contribution is -2.43. The summed E-state index contributed by atoms with van der Waals surface area (Å²) in [5, 5.41) is 7.69. The molecule has 0 bridgehead atoms. The van der Waals surface area contributed by atoms with Crippen LogP contribution in [0.3, 0.4) is 0 Å². The lowest BCUT2D eigenvalue weighted by Gasteiger charge is -2.29. The number of benzene rings is 1. The van der Waals surface area contributed by atoms with Crippen molar-refractivity contribution in [1.29, 1.82) is 0 Å². The molecule has 31 heavy (non-hydrogen) atoms. The maximum atomic E-state index is 12.8. The van der Waals surface area contributed by atoms with Crippen LogP contribution in [0.25, 0.3) is 11.0 Å². The average molecular weight is 419 g/mol. The molecule has 0 radical (unpaired) electrons. The molecule has 162 valence electrons. The summed E-state index contributed by atoms with van der Waals surface area (Å²) >= 11 is 0. The topological polar surface area (TPSA) is 75.1 Å². The first-order valence-electron chi connectivity index (χ1n) is 11.4. The number of fused-ring (bicyclic) bond motifs is 1. The predicted octanol–water partition coefficient (Wildman–Crippen LogP) is 3.24. The van der Waals surface area contributed by atoms with E-state index >= 15 is 0 Å². The largest absolute Gasteiger partial charge is 0.369 e. The van der Waals surface area contributed by atoms with Crippen LogP contribution in [0.1, 0.15) is 42.9 Å². The summed E-state index contributed by atoms with van der Waals surface area (Å²) in [5.41, 5.74) is 4.18. The zero-order chi connectivity index (χ0) is 21.2. The monoisotopic (exact) mass is 418 g/mol. The van der Waals surface area contributed by atoms with Gasteiger partial charge in [-0.25, -0.2) is 4.98 Å². The lowest BCUT2D eigenvalue weighted by atomic mass is 10.1. The highest BCUT2D eigenvalue weighted by Gasteiger charge is 2.21. The Hall–Kier alpha value is -2.93. The standard InChI is InChI=1S/C24H30N6O/c1-17-14-22(31)30(20-4-2-3-5-20)23-21(17)16-27-24(28-23)26-15-18-6-8-19(9-7-18)29-12-10-25-11-13-29/h6-9,14,16,20,25H,2-5,10-13,15H2,1H3,(H,26,27,28). The molecule has 0 unspecified atom stereocenters. The minimum absolute atomic E-state index is 0.0463. The van der Waals surface area contributed by atoms with Crippen LogP contribution in [-0.4, -0.2) is 40.7 Å². The fraction of sp³-hybridized carbons (Fsp3) is 0.458. The summed E-state index contributed by atoms with van der Waals surface area (Å²) in [6, 6.07) is 10.6. The van der Waals surface area contributed by atoms with Crippen molar-refractivity contribution in [2.75, 3.05) is 36.4 Å². The second kappa shape index (κ2) is 8.67. The molecule has 2 N–H and O–H groups in total. The van der Waals surface area contributed by atoms with E-state index in [1.54, 1.807) is 6.07 Å². The molecule has 2 fully saturated rings. The minimum Gasteiger partial charge on any atom is -0.369 e. The molecule has 0 amide bonds. The smallest absolute Gasteiger partial charge is 0.252 e. The van der Waals surface area contributed by atoms with E-state index in [-0.39, 0.29) is 11.6 Å². The molecule has 1 saturated heterocycles. The number of hydrogen-bond donors (Lipinski definition) is 2. The lowest BCUT2D eigenvalue weighted by molar-refractivity contribution is 0.515. The maximum Gasteiger partial charge on any atom is 0.252 e. The Labute approximate surface area is 182 Å². The Morgan fingerprint density at radius 3 is 2.61 bits per heavy atom. The van der Waals surface area contributed by atoms with E-state index in [1.165, 1.54) is 24.1 Å². The Kier molecular flexibility index (Phi) is 5.59. The molecule has 2 aromatic heterocycles. The van der Waals surface area contributed by atoms with Crippen LogP contribution in [0, 0.1) is 6.92 Å². The van der Waals surface area contributed by atoms with Crippen molar-refractivity contribution in [3.8, 4) is 0 Å². The number of anilines is 2. The van der Waals surface area contributed by atoms with Crippen LogP contribution in [0.4, 0.5) is 11.6 Å². The predicted molar refractivity (Wildman–Crippen MR) is 125 cm³/mol. The molecular weight excluding hydrogens is 388 g/mol. The second-order valence-electron chi connectivity index (χ2n) is 8.66. The summed E-state index contributed by atoms with van der Waals surface area (Å²) in [6.07, 6.45) is 6.28. The molecule has 7 heteroatoms. The van der Waals surface area contributed by atoms with Gasteiger partial charge in [0.15, 0.2) is 0 Å². The van der Waals surface area contributed by atoms with E-state index in [0.29, 0.717) is 12.5 Å². The molecule has 2 aliphatic rings. The number of pyridine rings is 1. The van der Waals surface area contributed by atoms with E-state index in [0.717, 1.165) is 55.6 Å². The number of piperazine rings is 1. The van der Waals surface area contributed by atoms with E-state index in [2.05, 4.69) is 44.8 Å². The highest BCUT2D eigenvalue weighted by atomic mass is 16.1. The normalized spacial score (nSPS) is 17.4. The van der Waals surface area contributed by atoms with Gasteiger partial charge in [-0.15, -0.1) is 0 Å². The van der Waals surface area contributed by atoms with Crippen molar-refractivity contribution in [1.82, 2.24) is 19.9 Å². The van der Waals surface area contributed by atoms with Crippen LogP contribution in [0.15, 0.2) is 41.3 Å². The molecule has 0 spiro atoms. The number of rotatable bonds is 5. The van der Waals surface area contributed by atoms with Gasteiger partial charge in [0.2, 0.25) is 5.95 Å². The van der Waals surface area contributed by atoms with Crippen molar-refractivity contribution in [2.24, 2.45) is 0 Å². The second-order valence-corrected chi connectivity index (χ2v) is 8.66. The van der Waals surface area contributed by atoms with Crippen LogP contribution in [0.5, 0.6) is 0 Å². The Balaban J connectivity index is 1.36. The maximum absolute atomic E-state index is 12.8. The first kappa shape index (κ1) is 20.0. The van der Waals surface area contributed by atoms with Gasteiger partial charge in [0.05, 0.1) is 0 Å². The summed E-state index contributed by atoms with van der Waals surface area (Å²) in [6.45, 7) is 6.77. The van der Waals surface area contributed by atoms with Gasteiger partial charge in [0.1, 0.15) is 5.65 Å². The van der Waals surface area contributed by atoms with Gasteiger partial charge < -0.3 is 15.5 Å². The van der Waals surface area contributed by atoms with E-state index < -0.39 is 0 Å². The number of aromatic nitrogens is 3. The van der Waals surface area contributed by atoms with Gasteiger partial charge >= 0.3 is 0 Å². The highest BCUT2D eigenvalue weighted by Crippen LogP contribution is 2.31. The average Bonchev–Trinajstić information content (AvgIpc) is 3.33. The Morgan fingerprint density at radius 1 is 1.13 bits per heavy atom. The van der Waals surface area contributed by atoms with E-state index in [9.17, 15) is 4.79 Å². The third-order valence-corrected chi connectivity index (χ3v) is 6.56. The molecule has 3 heterocycles. The van der Waals surface area contributed by atoms with Crippen LogP contribution in [-0.2, 0) is 6.54 Å². The number of aryl methyl sites for hydroxylation is 1. The SMILES string of the molecule is Cc1cc(=O)n(C2CCCC2)c2nc(NCc3ccc(N4CCNCC4)cc3)ncc12. The number of hydrogen-bond acceptors (Lipinski definition) is 6. The third-order valence-electron chi connectivity index (χ3n) is 6.56. The first-order valence-corrected chi connectivity index (χ1v) is 11.4. The number of nitrogens with zero attached hydrogens (tertiary/aromatic N) is 4. The fourth-order valence-corrected chi connectivity index (χ4v) is 4.80. The van der Waals surface area contributed by atoms with Gasteiger partial charge in [0.25, 0.3) is 5.56 Å². The van der Waals surface area contributed by atoms with Crippen molar-refractivity contribution in [3.63, 3.8) is 0 Å². The highest BCUT2D eigenvalue weighted by molar-refractivity contribution is 5.79. The summed E-state index contributed by atoms with van der Waals surface area (Å²) in [7, 11) is 0. The van der Waals surface area contributed by atoms with Gasteiger partial charge in [-0.05, 0) is 43.0 Å². The zero-order valence-electron chi connectivity index (χ0n) is 18.1. The van der Waals surface area contributed by atoms with Gasteiger partial charge in [-0.3, -0.25) is 9.36 Å². The quantitative estimate of drug-likeness (QED) is 0.663. The molecular formula is C24H30N6O. The summed E-state index contributed by atoms with van der Waals surface area (Å²) < 4.78 is 1.89. The van der Waals surface area contributed by atoms with Crippen LogP contribution >= 0.6 is 0 Å². The van der Waals surface area contributed by atoms with E-state index in [1.807, 2.05) is 17.7 Å². The molecule has 1 saturated carbocycles. The number of nitrogens with one attached hydrogen (secondary N) is 2. The van der Waals surface area contributed by atoms with Crippen molar-refractivity contribution >= 4 is 22.7 Å². The Bertz CT molecular complexity index is 1110. The fourth-order valence-electron chi connectivity index (χ4n) is 4.80. The Morgan fingerprint density at radius 2 is 1.87 bits per heavy atom. The van der Waals surface area contributed by atoms with Crippen molar-refractivity contribution < 1.29 is 0 Å². The van der Waals surface area contributed by atoms with Gasteiger partial charge in [-0.2, -0.15) is 4.98 Å². The molecule has 1 aliphatic heterocycles. The zero-order valence-corrected chi connectivity index (χ0v) is 18.1. The molecule has 7 nitrogen and oxygen atoms in total. The van der Waals surface area contributed by atoms with Crippen LogP contribution in [0.2, 0.25) is 0 Å². The molecule has 1 aliphatic carbocycles. The third kappa shape index (κ3) is 4.14. The summed E-state index contributed by atoms with van der Waals surface area (Å²) in [5.74, 6) is 0.565. The summed E-state index contributed by atoms with van der Waals surface area (Å²) in [4.78, 5) is 24.5. The van der Waals surface area contributed by atoms with Crippen molar-refractivity contribution in [3.05, 3.63) is 58.0 Å². The molecule has 3 aromatic rings. The molecule has 1 aromatic carbocycles. The minimum atomic E-state index is 0.0463. The van der Waals surface area contributed by atoms with Crippen LogP contribution < -0.4 is 21.1 Å². The van der Waals surface area contributed by atoms with Gasteiger partial charge in [-0.1, -0.05) is 25.0 Å². The van der Waals surface area contributed by atoms with Crippen molar-refractivity contribution in [2.45, 2.75) is 45.2 Å². The molecule has 0 atom stereocenters. The first-order chi connectivity index (χ1) is 15.2.